The summed E-state index contributed by atoms with van der Waals surface area (Å²) in [6.45, 7) is 0. The van der Waals surface area contributed by atoms with Crippen LogP contribution >= 0.6 is 0 Å². The first-order valence-corrected chi connectivity index (χ1v) is 22.6. The van der Waals surface area contributed by atoms with Gasteiger partial charge in [-0.05, 0) is 117 Å². The van der Waals surface area contributed by atoms with E-state index in [1.807, 2.05) is 107 Å². The summed E-state index contributed by atoms with van der Waals surface area (Å²) in [5.74, 6) is -0.726. The Kier molecular flexibility index (Phi) is 9.18. The van der Waals surface area contributed by atoms with E-state index in [-0.39, 0.29) is 11.6 Å². The number of nitrogens with zero attached hydrogens (tertiary/aromatic N) is 2. The minimum atomic E-state index is -0.363. The Labute approximate surface area is 389 Å². The first-order valence-electron chi connectivity index (χ1n) is 22.6. The lowest BCUT2D eigenvalue weighted by atomic mass is 9.85. The Morgan fingerprint density at radius 3 is 1.09 bits per heavy atom. The molecule has 0 fully saturated rings. The molecule has 2 aromatic heterocycles. The number of para-hydroxylation sites is 6. The van der Waals surface area contributed by atoms with E-state index in [2.05, 4.69) is 109 Å². The van der Waals surface area contributed by atoms with Crippen molar-refractivity contribution >= 4 is 99.5 Å². The molecule has 2 heterocycles. The molecule has 0 saturated heterocycles. The van der Waals surface area contributed by atoms with Gasteiger partial charge in [0, 0.05) is 32.9 Å². The van der Waals surface area contributed by atoms with Crippen molar-refractivity contribution in [2.24, 2.45) is 0 Å². The van der Waals surface area contributed by atoms with Gasteiger partial charge in [0.1, 0.15) is 22.8 Å². The zero-order valence-electron chi connectivity index (χ0n) is 36.4. The summed E-state index contributed by atoms with van der Waals surface area (Å²) in [4.78, 5) is 3.93. The van der Waals surface area contributed by atoms with Crippen LogP contribution in [0.1, 0.15) is 0 Å². The Morgan fingerprint density at radius 1 is 0.279 bits per heavy atom. The third-order valence-corrected chi connectivity index (χ3v) is 13.2. The molecule has 0 saturated carbocycles. The highest BCUT2D eigenvalue weighted by molar-refractivity contribution is 6.23. The fourth-order valence-corrected chi connectivity index (χ4v) is 10.2. The monoisotopic (exact) mass is 880 g/mol. The third kappa shape index (κ3) is 6.26. The largest absolute Gasteiger partial charge is 0.454 e. The van der Waals surface area contributed by atoms with E-state index in [9.17, 15) is 0 Å². The third-order valence-electron chi connectivity index (χ3n) is 13.2. The van der Waals surface area contributed by atoms with Crippen LogP contribution in [0.4, 0.5) is 42.9 Å². The zero-order valence-corrected chi connectivity index (χ0v) is 36.4. The smallest absolute Gasteiger partial charge is 0.159 e. The van der Waals surface area contributed by atoms with E-state index in [1.165, 1.54) is 12.1 Å². The van der Waals surface area contributed by atoms with E-state index in [0.29, 0.717) is 33.9 Å². The van der Waals surface area contributed by atoms with Gasteiger partial charge in [-0.3, -0.25) is 0 Å². The molecule has 0 aliphatic carbocycles. The van der Waals surface area contributed by atoms with Crippen molar-refractivity contribution in [1.82, 2.24) is 0 Å². The number of halogens is 2. The van der Waals surface area contributed by atoms with Crippen molar-refractivity contribution in [1.29, 1.82) is 0 Å². The summed E-state index contributed by atoms with van der Waals surface area (Å²) in [6, 6.07) is 75.4. The van der Waals surface area contributed by atoms with Crippen LogP contribution in [0.3, 0.4) is 0 Å². The summed E-state index contributed by atoms with van der Waals surface area (Å²) in [7, 11) is 0. The van der Waals surface area contributed by atoms with Crippen LogP contribution in [0.5, 0.6) is 0 Å². The number of hydrogen-bond donors (Lipinski definition) is 0. The van der Waals surface area contributed by atoms with Crippen molar-refractivity contribution in [3.05, 3.63) is 242 Å². The zero-order chi connectivity index (χ0) is 45.3. The Hall–Kier alpha value is -9.00. The molecule has 0 atom stereocenters. The normalized spacial score (nSPS) is 11.7. The van der Waals surface area contributed by atoms with Crippen LogP contribution in [-0.4, -0.2) is 0 Å². The van der Waals surface area contributed by atoms with Gasteiger partial charge in [0.05, 0.1) is 22.7 Å². The highest BCUT2D eigenvalue weighted by atomic mass is 19.1. The minimum absolute atomic E-state index is 0.363. The lowest BCUT2D eigenvalue weighted by Gasteiger charge is -2.28. The van der Waals surface area contributed by atoms with Crippen LogP contribution < -0.4 is 9.80 Å². The summed E-state index contributed by atoms with van der Waals surface area (Å²) in [6.07, 6.45) is 0. The van der Waals surface area contributed by atoms with Gasteiger partial charge in [0.2, 0.25) is 0 Å². The van der Waals surface area contributed by atoms with Crippen LogP contribution in [0.15, 0.2) is 239 Å². The second kappa shape index (κ2) is 15.9. The minimum Gasteiger partial charge on any atom is -0.454 e. The van der Waals surface area contributed by atoms with Crippen molar-refractivity contribution in [2.75, 3.05) is 9.80 Å². The van der Waals surface area contributed by atoms with Crippen LogP contribution in [-0.2, 0) is 0 Å². The van der Waals surface area contributed by atoms with Gasteiger partial charge in [-0.15, -0.1) is 0 Å². The molecule has 322 valence electrons. The second-order valence-corrected chi connectivity index (χ2v) is 17.0. The molecular formula is C62H38F2N2O2. The maximum absolute atomic E-state index is 16.4. The van der Waals surface area contributed by atoms with Gasteiger partial charge in [0.25, 0.3) is 0 Å². The van der Waals surface area contributed by atoms with Crippen molar-refractivity contribution in [3.63, 3.8) is 0 Å². The van der Waals surface area contributed by atoms with Crippen molar-refractivity contribution < 1.29 is 17.6 Å². The molecule has 0 amide bonds. The number of fused-ring (bicyclic) bond motifs is 8. The predicted molar refractivity (Wildman–Crippen MR) is 276 cm³/mol. The van der Waals surface area contributed by atoms with Gasteiger partial charge < -0.3 is 18.6 Å². The van der Waals surface area contributed by atoms with E-state index in [1.54, 1.807) is 12.1 Å². The van der Waals surface area contributed by atoms with E-state index >= 15 is 8.78 Å². The molecule has 68 heavy (non-hydrogen) atoms. The quantitative estimate of drug-likeness (QED) is 0.142. The van der Waals surface area contributed by atoms with Crippen molar-refractivity contribution in [3.8, 4) is 22.3 Å². The molecule has 6 heteroatoms. The van der Waals surface area contributed by atoms with Crippen LogP contribution in [0, 0.1) is 11.6 Å². The lowest BCUT2D eigenvalue weighted by Crippen LogP contribution is -2.12. The first-order chi connectivity index (χ1) is 33.6. The summed E-state index contributed by atoms with van der Waals surface area (Å²) < 4.78 is 46.0. The first kappa shape index (κ1) is 39.4. The molecule has 4 nitrogen and oxygen atoms in total. The number of benzene rings is 11. The number of furan rings is 2. The van der Waals surface area contributed by atoms with Crippen LogP contribution in [0.2, 0.25) is 0 Å². The highest BCUT2D eigenvalue weighted by Crippen LogP contribution is 2.50. The van der Waals surface area contributed by atoms with E-state index in [4.69, 9.17) is 8.83 Å². The fraction of sp³-hybridized carbons (Fsp3) is 0. The molecule has 13 rings (SSSR count). The molecule has 0 spiro atoms. The second-order valence-electron chi connectivity index (χ2n) is 17.0. The standard InChI is InChI=1S/C62H38F2N2O2/c63-51-25-9-11-27-53(51)65(55-29-15-23-47-43-21-7-13-31-57(43)67-61(47)55)41-34-36-46-49(37-41)59(39-17-3-1-4-18-39)45-35-33-42(38-50(45)60(46)40-19-5-2-6-20-40)66(54-28-12-10-26-52(54)64)56-30-16-24-48-44-22-8-14-32-58(44)68-62(48)56/h1-38H. The molecule has 0 bridgehead atoms. The van der Waals surface area contributed by atoms with Gasteiger partial charge in [-0.2, -0.15) is 0 Å². The van der Waals surface area contributed by atoms with Gasteiger partial charge in [0.15, 0.2) is 11.2 Å². The Bertz CT molecular complexity index is 3820. The predicted octanol–water partition coefficient (Wildman–Crippen LogP) is 18.3. The summed E-state index contributed by atoms with van der Waals surface area (Å²) >= 11 is 0. The van der Waals surface area contributed by atoms with Gasteiger partial charge in [-0.1, -0.05) is 158 Å². The maximum Gasteiger partial charge on any atom is 0.159 e. The Morgan fingerprint density at radius 2 is 0.647 bits per heavy atom. The molecule has 11 aromatic carbocycles. The molecule has 0 aliphatic rings. The Balaban J connectivity index is 1.12. The van der Waals surface area contributed by atoms with Gasteiger partial charge >= 0.3 is 0 Å². The van der Waals surface area contributed by atoms with E-state index < -0.39 is 0 Å². The number of rotatable bonds is 8. The van der Waals surface area contributed by atoms with Crippen molar-refractivity contribution in [2.45, 2.75) is 0 Å². The number of anilines is 6. The molecule has 0 unspecified atom stereocenters. The fourth-order valence-electron chi connectivity index (χ4n) is 10.2. The van der Waals surface area contributed by atoms with E-state index in [0.717, 1.165) is 87.9 Å². The topological polar surface area (TPSA) is 32.8 Å². The highest BCUT2D eigenvalue weighted by Gasteiger charge is 2.26. The average molecular weight is 881 g/mol. The molecule has 13 aromatic rings. The summed E-state index contributed by atoms with van der Waals surface area (Å²) in [5.41, 5.74) is 10.6. The average Bonchev–Trinajstić information content (AvgIpc) is 3.97. The summed E-state index contributed by atoms with van der Waals surface area (Å²) in [5, 5.41) is 7.81. The molecule has 0 aliphatic heterocycles. The molecular weight excluding hydrogens is 843 g/mol. The molecule has 0 N–H and O–H groups in total. The molecule has 0 radical (unpaired) electrons. The lowest BCUT2D eigenvalue weighted by molar-refractivity contribution is 0.628. The van der Waals surface area contributed by atoms with Crippen LogP contribution in [0.25, 0.3) is 87.7 Å². The van der Waals surface area contributed by atoms with Gasteiger partial charge in [-0.25, -0.2) is 8.78 Å². The SMILES string of the molecule is Fc1ccccc1N(c1ccc2c(-c3ccccc3)c3cc(N(c4ccccc4F)c4cccc5c4oc4ccccc45)ccc3c(-c3ccccc3)c2c1)c1cccc2c1oc1ccccc12. The number of hydrogen-bond acceptors (Lipinski definition) is 4. The maximum atomic E-state index is 16.4.